The summed E-state index contributed by atoms with van der Waals surface area (Å²) in [5.41, 5.74) is 0.505. The van der Waals surface area contributed by atoms with Crippen LogP contribution in [-0.2, 0) is 20.9 Å². The third-order valence-electron chi connectivity index (χ3n) is 4.41. The van der Waals surface area contributed by atoms with Gasteiger partial charge in [0.05, 0.1) is 39.0 Å². The fourth-order valence-electron chi connectivity index (χ4n) is 2.91. The average Bonchev–Trinajstić information content (AvgIpc) is 2.71. The Hall–Kier alpha value is -2.15. The number of hydrogen-bond donors (Lipinski definition) is 0. The van der Waals surface area contributed by atoms with Crippen LogP contribution >= 0.6 is 11.6 Å². The van der Waals surface area contributed by atoms with Gasteiger partial charge in [0.2, 0.25) is 5.91 Å². The second kappa shape index (κ2) is 10.4. The van der Waals surface area contributed by atoms with Gasteiger partial charge in [-0.1, -0.05) is 29.8 Å². The molecule has 1 saturated heterocycles. The number of carbonyl (C=O) groups is 1. The van der Waals surface area contributed by atoms with E-state index in [9.17, 15) is 9.18 Å². The second-order valence-electron chi connectivity index (χ2n) is 6.49. The zero-order valence-corrected chi connectivity index (χ0v) is 16.2. The summed E-state index contributed by atoms with van der Waals surface area (Å²) in [5, 5.41) is 0.639. The van der Waals surface area contributed by atoms with Gasteiger partial charge in [0.1, 0.15) is 11.6 Å². The molecule has 7 heteroatoms. The monoisotopic (exact) mass is 407 g/mol. The SMILES string of the molecule is O=C(CCOc1ccc(Cl)cc1)N1CCOC(COCc2ccccc2F)C1. The van der Waals surface area contributed by atoms with Gasteiger partial charge in [-0.2, -0.15) is 0 Å². The summed E-state index contributed by atoms with van der Waals surface area (Å²) in [6, 6.07) is 13.5. The summed E-state index contributed by atoms with van der Waals surface area (Å²) in [4.78, 5) is 14.2. The van der Waals surface area contributed by atoms with E-state index < -0.39 is 0 Å². The van der Waals surface area contributed by atoms with E-state index in [1.54, 1.807) is 47.4 Å². The summed E-state index contributed by atoms with van der Waals surface area (Å²) in [6.07, 6.45) is 0.0625. The van der Waals surface area contributed by atoms with Gasteiger partial charge in [0.25, 0.3) is 0 Å². The molecule has 5 nitrogen and oxygen atoms in total. The van der Waals surface area contributed by atoms with Crippen LogP contribution in [0.25, 0.3) is 0 Å². The van der Waals surface area contributed by atoms with Crippen LogP contribution in [0.1, 0.15) is 12.0 Å². The molecule has 1 aliphatic rings. The molecule has 1 amide bonds. The number of halogens is 2. The van der Waals surface area contributed by atoms with Crippen molar-refractivity contribution in [3.05, 3.63) is 64.9 Å². The Morgan fingerprint density at radius 2 is 2.00 bits per heavy atom. The van der Waals surface area contributed by atoms with E-state index in [4.69, 9.17) is 25.8 Å². The summed E-state index contributed by atoms with van der Waals surface area (Å²) >= 11 is 5.83. The van der Waals surface area contributed by atoms with E-state index in [1.165, 1.54) is 6.07 Å². The van der Waals surface area contributed by atoms with Crippen LogP contribution < -0.4 is 4.74 Å². The lowest BCUT2D eigenvalue weighted by Crippen LogP contribution is -2.47. The number of nitrogens with zero attached hydrogens (tertiary/aromatic N) is 1. The Kier molecular flexibility index (Phi) is 7.65. The second-order valence-corrected chi connectivity index (χ2v) is 6.93. The number of amides is 1. The molecule has 0 aromatic heterocycles. The van der Waals surface area contributed by atoms with Crippen molar-refractivity contribution < 1.29 is 23.4 Å². The van der Waals surface area contributed by atoms with Crippen molar-refractivity contribution in [3.8, 4) is 5.75 Å². The molecule has 2 aromatic carbocycles. The van der Waals surface area contributed by atoms with Crippen molar-refractivity contribution in [1.82, 2.24) is 4.90 Å². The van der Waals surface area contributed by atoms with E-state index in [2.05, 4.69) is 0 Å². The summed E-state index contributed by atoms with van der Waals surface area (Å²) in [5.74, 6) is 0.402. The quantitative estimate of drug-likeness (QED) is 0.669. The molecule has 0 saturated carbocycles. The highest BCUT2D eigenvalue weighted by Crippen LogP contribution is 2.16. The molecule has 2 aromatic rings. The topological polar surface area (TPSA) is 48.0 Å². The Labute approximate surface area is 168 Å². The molecule has 150 valence electrons. The molecule has 28 heavy (non-hydrogen) atoms. The highest BCUT2D eigenvalue weighted by molar-refractivity contribution is 6.30. The lowest BCUT2D eigenvalue weighted by Gasteiger charge is -2.33. The first-order chi connectivity index (χ1) is 13.6. The van der Waals surface area contributed by atoms with E-state index >= 15 is 0 Å². The predicted octanol–water partition coefficient (Wildman–Crippen LogP) is 3.69. The zero-order valence-electron chi connectivity index (χ0n) is 15.5. The minimum absolute atomic E-state index is 0.0105. The fraction of sp³-hybridized carbons (Fsp3) is 0.381. The maximum Gasteiger partial charge on any atom is 0.226 e. The standard InChI is InChI=1S/C21H23ClFNO4/c22-17-5-7-18(8-6-17)27-11-9-21(25)24-10-12-28-19(13-24)15-26-14-16-3-1-2-4-20(16)23/h1-8,19H,9-15H2. The van der Waals surface area contributed by atoms with Gasteiger partial charge in [-0.05, 0) is 30.3 Å². The van der Waals surface area contributed by atoms with Gasteiger partial charge in [-0.15, -0.1) is 0 Å². The van der Waals surface area contributed by atoms with Gasteiger partial charge < -0.3 is 19.1 Å². The van der Waals surface area contributed by atoms with Crippen molar-refractivity contribution in [1.29, 1.82) is 0 Å². The van der Waals surface area contributed by atoms with Crippen molar-refractivity contribution in [3.63, 3.8) is 0 Å². The molecular formula is C21H23ClFNO4. The van der Waals surface area contributed by atoms with Crippen LogP contribution in [0.2, 0.25) is 5.02 Å². The van der Waals surface area contributed by atoms with Gasteiger partial charge >= 0.3 is 0 Å². The minimum Gasteiger partial charge on any atom is -0.493 e. The molecular weight excluding hydrogens is 385 g/mol. The van der Waals surface area contributed by atoms with Crippen molar-refractivity contribution in [2.75, 3.05) is 32.9 Å². The van der Waals surface area contributed by atoms with Gasteiger partial charge in [0, 0.05) is 23.7 Å². The zero-order chi connectivity index (χ0) is 19.8. The van der Waals surface area contributed by atoms with E-state index in [0.717, 1.165) is 0 Å². The number of rotatable bonds is 8. The Bertz CT molecular complexity index is 771. The molecule has 0 spiro atoms. The molecule has 3 rings (SSSR count). The first-order valence-electron chi connectivity index (χ1n) is 9.20. The van der Waals surface area contributed by atoms with E-state index in [1.807, 2.05) is 0 Å². The van der Waals surface area contributed by atoms with E-state index in [-0.39, 0.29) is 30.9 Å². The number of morpholine rings is 1. The number of ether oxygens (including phenoxy) is 3. The number of benzene rings is 2. The third-order valence-corrected chi connectivity index (χ3v) is 4.66. The van der Waals surface area contributed by atoms with Crippen LogP contribution in [0.15, 0.2) is 48.5 Å². The molecule has 0 N–H and O–H groups in total. The first kappa shape index (κ1) is 20.6. The minimum atomic E-state index is -0.287. The van der Waals surface area contributed by atoms with Crippen molar-refractivity contribution in [2.45, 2.75) is 19.1 Å². The normalized spacial score (nSPS) is 16.8. The predicted molar refractivity (Wildman–Crippen MR) is 104 cm³/mol. The fourth-order valence-corrected chi connectivity index (χ4v) is 3.03. The molecule has 0 radical (unpaired) electrons. The molecule has 1 heterocycles. The van der Waals surface area contributed by atoms with Crippen molar-refractivity contribution in [2.24, 2.45) is 0 Å². The molecule has 0 bridgehead atoms. The largest absolute Gasteiger partial charge is 0.493 e. The smallest absolute Gasteiger partial charge is 0.226 e. The lowest BCUT2D eigenvalue weighted by atomic mass is 10.2. The highest BCUT2D eigenvalue weighted by Gasteiger charge is 2.24. The maximum atomic E-state index is 13.6. The Morgan fingerprint density at radius 3 is 2.79 bits per heavy atom. The van der Waals surface area contributed by atoms with Gasteiger partial charge in [-0.25, -0.2) is 4.39 Å². The average molecular weight is 408 g/mol. The maximum absolute atomic E-state index is 13.6. The highest BCUT2D eigenvalue weighted by atomic mass is 35.5. The van der Waals surface area contributed by atoms with Crippen molar-refractivity contribution >= 4 is 17.5 Å². The van der Waals surface area contributed by atoms with Gasteiger partial charge in [-0.3, -0.25) is 4.79 Å². The molecule has 1 fully saturated rings. The van der Waals surface area contributed by atoms with Crippen LogP contribution in [0.4, 0.5) is 4.39 Å². The summed E-state index contributed by atoms with van der Waals surface area (Å²) in [7, 11) is 0. The summed E-state index contributed by atoms with van der Waals surface area (Å²) in [6.45, 7) is 2.24. The first-order valence-corrected chi connectivity index (χ1v) is 9.58. The molecule has 1 atom stereocenters. The number of hydrogen-bond acceptors (Lipinski definition) is 4. The van der Waals surface area contributed by atoms with Crippen LogP contribution in [0.5, 0.6) is 5.75 Å². The Balaban J connectivity index is 1.38. The molecule has 1 aliphatic heterocycles. The third kappa shape index (κ3) is 6.19. The van der Waals surface area contributed by atoms with Crippen LogP contribution in [-0.4, -0.2) is 49.8 Å². The number of carbonyl (C=O) groups excluding carboxylic acids is 1. The van der Waals surface area contributed by atoms with Crippen LogP contribution in [0.3, 0.4) is 0 Å². The van der Waals surface area contributed by atoms with Crippen LogP contribution in [0, 0.1) is 5.82 Å². The van der Waals surface area contributed by atoms with E-state index in [0.29, 0.717) is 49.2 Å². The molecule has 0 aliphatic carbocycles. The lowest BCUT2D eigenvalue weighted by molar-refractivity contribution is -0.142. The van der Waals surface area contributed by atoms with Gasteiger partial charge in [0.15, 0.2) is 0 Å². The Morgan fingerprint density at radius 1 is 1.21 bits per heavy atom. The summed E-state index contributed by atoms with van der Waals surface area (Å²) < 4.78 is 30.4. The molecule has 1 unspecified atom stereocenters.